The molecule has 3 heteroatoms. The summed E-state index contributed by atoms with van der Waals surface area (Å²) in [7, 11) is 0. The molecule has 0 radical (unpaired) electrons. The monoisotopic (exact) mass is 232 g/mol. The molecule has 1 fully saturated rings. The maximum Gasteiger partial charge on any atom is 0.102 e. The minimum atomic E-state index is 0.559. The van der Waals surface area contributed by atoms with E-state index in [1.807, 2.05) is 24.5 Å². The highest BCUT2D eigenvalue weighted by Gasteiger charge is 2.16. The molecule has 0 aliphatic heterocycles. The number of nitrogens with one attached hydrogen (secondary N) is 1. The summed E-state index contributed by atoms with van der Waals surface area (Å²) in [5.41, 5.74) is 1.79. The molecule has 1 aliphatic carbocycles. The predicted octanol–water partition coefficient (Wildman–Crippen LogP) is 3.63. The number of nitriles is 1. The van der Waals surface area contributed by atoms with Crippen LogP contribution in [0.1, 0.15) is 31.2 Å². The Morgan fingerprint density at radius 2 is 2.12 bits per heavy atom. The van der Waals surface area contributed by atoms with Crippen LogP contribution in [0.5, 0.6) is 0 Å². The van der Waals surface area contributed by atoms with E-state index in [1.54, 1.807) is 11.8 Å². The Morgan fingerprint density at radius 3 is 2.75 bits per heavy atom. The Morgan fingerprint density at radius 1 is 1.38 bits per heavy atom. The number of rotatable bonds is 3. The van der Waals surface area contributed by atoms with Crippen molar-refractivity contribution in [1.29, 1.82) is 5.26 Å². The van der Waals surface area contributed by atoms with Crippen LogP contribution in [0.15, 0.2) is 23.1 Å². The van der Waals surface area contributed by atoms with Gasteiger partial charge in [-0.3, -0.25) is 0 Å². The highest BCUT2D eigenvalue weighted by atomic mass is 32.2. The van der Waals surface area contributed by atoms with Crippen molar-refractivity contribution in [2.75, 3.05) is 11.6 Å². The SMILES string of the molecule is CSc1cccc(NC2CCCC2)c1C#N. The lowest BCUT2D eigenvalue weighted by Gasteiger charge is -2.15. The molecule has 1 aliphatic rings. The molecule has 0 saturated heterocycles. The van der Waals surface area contributed by atoms with Gasteiger partial charge < -0.3 is 5.32 Å². The first-order valence-corrected chi connectivity index (χ1v) is 6.91. The van der Waals surface area contributed by atoms with Gasteiger partial charge in [0.2, 0.25) is 0 Å². The summed E-state index contributed by atoms with van der Waals surface area (Å²) in [6, 6.07) is 8.90. The van der Waals surface area contributed by atoms with Gasteiger partial charge in [0.25, 0.3) is 0 Å². The van der Waals surface area contributed by atoms with Crippen molar-refractivity contribution >= 4 is 17.4 Å². The van der Waals surface area contributed by atoms with Crippen LogP contribution in [0.4, 0.5) is 5.69 Å². The zero-order chi connectivity index (χ0) is 11.4. The topological polar surface area (TPSA) is 35.8 Å². The Balaban J connectivity index is 2.22. The van der Waals surface area contributed by atoms with Crippen molar-refractivity contribution in [3.8, 4) is 6.07 Å². The van der Waals surface area contributed by atoms with Crippen LogP contribution in [-0.4, -0.2) is 12.3 Å². The smallest absolute Gasteiger partial charge is 0.102 e. The molecule has 16 heavy (non-hydrogen) atoms. The third-order valence-corrected chi connectivity index (χ3v) is 3.85. The van der Waals surface area contributed by atoms with Gasteiger partial charge in [-0.25, -0.2) is 0 Å². The summed E-state index contributed by atoms with van der Waals surface area (Å²) < 4.78 is 0. The van der Waals surface area contributed by atoms with Crippen LogP contribution in [0.2, 0.25) is 0 Å². The Kier molecular flexibility index (Phi) is 3.74. The average Bonchev–Trinajstić information content (AvgIpc) is 2.81. The molecular formula is C13H16N2S. The van der Waals surface area contributed by atoms with Gasteiger partial charge in [0.1, 0.15) is 6.07 Å². The molecule has 2 nitrogen and oxygen atoms in total. The normalized spacial score (nSPS) is 16.0. The molecule has 0 bridgehead atoms. The molecule has 0 spiro atoms. The van der Waals surface area contributed by atoms with Crippen LogP contribution >= 0.6 is 11.8 Å². The van der Waals surface area contributed by atoms with Crippen molar-refractivity contribution in [1.82, 2.24) is 0 Å². The first kappa shape index (κ1) is 11.3. The summed E-state index contributed by atoms with van der Waals surface area (Å²) in [5.74, 6) is 0. The molecule has 1 aromatic rings. The number of anilines is 1. The number of thioether (sulfide) groups is 1. The Bertz CT molecular complexity index is 403. The Labute approximate surface area is 101 Å². The van der Waals surface area contributed by atoms with Crippen molar-refractivity contribution in [2.45, 2.75) is 36.6 Å². The summed E-state index contributed by atoms with van der Waals surface area (Å²) in [6.45, 7) is 0. The molecule has 2 rings (SSSR count). The minimum absolute atomic E-state index is 0.559. The summed E-state index contributed by atoms with van der Waals surface area (Å²) >= 11 is 1.63. The largest absolute Gasteiger partial charge is 0.381 e. The van der Waals surface area contributed by atoms with Crippen LogP contribution in [0.25, 0.3) is 0 Å². The number of nitrogens with zero attached hydrogens (tertiary/aromatic N) is 1. The number of hydrogen-bond acceptors (Lipinski definition) is 3. The summed E-state index contributed by atoms with van der Waals surface area (Å²) in [5, 5.41) is 12.7. The zero-order valence-corrected chi connectivity index (χ0v) is 10.3. The second-order valence-corrected chi connectivity index (χ2v) is 4.97. The van der Waals surface area contributed by atoms with E-state index < -0.39 is 0 Å². The van der Waals surface area contributed by atoms with Crippen molar-refractivity contribution in [2.24, 2.45) is 0 Å². The van der Waals surface area contributed by atoms with E-state index in [-0.39, 0.29) is 0 Å². The van der Waals surface area contributed by atoms with Crippen LogP contribution in [-0.2, 0) is 0 Å². The quantitative estimate of drug-likeness (QED) is 0.808. The van der Waals surface area contributed by atoms with Crippen LogP contribution in [0, 0.1) is 11.3 Å². The van der Waals surface area contributed by atoms with Crippen LogP contribution < -0.4 is 5.32 Å². The molecule has 0 aromatic heterocycles. The molecule has 1 aromatic carbocycles. The van der Waals surface area contributed by atoms with E-state index in [0.717, 1.165) is 16.1 Å². The van der Waals surface area contributed by atoms with Crippen molar-refractivity contribution < 1.29 is 0 Å². The second kappa shape index (κ2) is 5.27. The molecule has 0 heterocycles. The van der Waals surface area contributed by atoms with Gasteiger partial charge in [-0.1, -0.05) is 18.9 Å². The lowest BCUT2D eigenvalue weighted by atomic mass is 10.1. The zero-order valence-electron chi connectivity index (χ0n) is 9.49. The lowest BCUT2D eigenvalue weighted by Crippen LogP contribution is -2.15. The van der Waals surface area contributed by atoms with Gasteiger partial charge in [-0.2, -0.15) is 5.26 Å². The first-order chi connectivity index (χ1) is 7.85. The average molecular weight is 232 g/mol. The summed E-state index contributed by atoms with van der Waals surface area (Å²) in [4.78, 5) is 1.06. The van der Waals surface area contributed by atoms with E-state index in [4.69, 9.17) is 0 Å². The standard InChI is InChI=1S/C13H16N2S/c1-16-13-8-4-7-12(11(13)9-14)15-10-5-2-3-6-10/h4,7-8,10,15H,2-3,5-6H2,1H3. The molecule has 0 atom stereocenters. The first-order valence-electron chi connectivity index (χ1n) is 5.69. The van der Waals surface area contributed by atoms with E-state index >= 15 is 0 Å². The van der Waals surface area contributed by atoms with Gasteiger partial charge in [-0.05, 0) is 31.2 Å². The number of benzene rings is 1. The lowest BCUT2D eigenvalue weighted by molar-refractivity contribution is 0.754. The van der Waals surface area contributed by atoms with Gasteiger partial charge >= 0.3 is 0 Å². The molecule has 0 amide bonds. The van der Waals surface area contributed by atoms with E-state index in [1.165, 1.54) is 25.7 Å². The van der Waals surface area contributed by atoms with Gasteiger partial charge in [0.05, 0.1) is 11.3 Å². The van der Waals surface area contributed by atoms with Gasteiger partial charge in [-0.15, -0.1) is 11.8 Å². The van der Waals surface area contributed by atoms with E-state index in [2.05, 4.69) is 11.4 Å². The molecule has 84 valence electrons. The fourth-order valence-corrected chi connectivity index (χ4v) is 2.80. The summed E-state index contributed by atoms with van der Waals surface area (Å²) in [6.07, 6.45) is 7.09. The van der Waals surface area contributed by atoms with Gasteiger partial charge in [0.15, 0.2) is 0 Å². The fourth-order valence-electron chi connectivity index (χ4n) is 2.23. The maximum absolute atomic E-state index is 9.20. The molecule has 1 N–H and O–H groups in total. The van der Waals surface area contributed by atoms with Crippen LogP contribution in [0.3, 0.4) is 0 Å². The fraction of sp³-hybridized carbons (Fsp3) is 0.462. The highest BCUT2D eigenvalue weighted by Crippen LogP contribution is 2.29. The third kappa shape index (κ3) is 2.33. The molecule has 1 saturated carbocycles. The van der Waals surface area contributed by atoms with E-state index in [9.17, 15) is 5.26 Å². The minimum Gasteiger partial charge on any atom is -0.381 e. The molecule has 0 unspecified atom stereocenters. The highest BCUT2D eigenvalue weighted by molar-refractivity contribution is 7.98. The van der Waals surface area contributed by atoms with Gasteiger partial charge in [0, 0.05) is 10.9 Å². The second-order valence-electron chi connectivity index (χ2n) is 4.12. The van der Waals surface area contributed by atoms with Crippen molar-refractivity contribution in [3.63, 3.8) is 0 Å². The van der Waals surface area contributed by atoms with Crippen molar-refractivity contribution in [3.05, 3.63) is 23.8 Å². The maximum atomic E-state index is 9.20. The molecular weight excluding hydrogens is 216 g/mol. The van der Waals surface area contributed by atoms with E-state index in [0.29, 0.717) is 6.04 Å². The third-order valence-electron chi connectivity index (χ3n) is 3.07. The predicted molar refractivity (Wildman–Crippen MR) is 68.8 cm³/mol. The number of hydrogen-bond donors (Lipinski definition) is 1. The Hall–Kier alpha value is -1.14.